The molecule has 1 fully saturated rings. The predicted molar refractivity (Wildman–Crippen MR) is 74.5 cm³/mol. The van der Waals surface area contributed by atoms with Gasteiger partial charge in [-0.05, 0) is 32.5 Å². The normalized spacial score (nSPS) is 19.6. The number of anilines is 2. The number of nitrogen functional groups attached to an aromatic ring is 1. The third-order valence-corrected chi connectivity index (χ3v) is 3.70. The molecule has 0 bridgehead atoms. The highest BCUT2D eigenvalue weighted by Crippen LogP contribution is 2.20. The van der Waals surface area contributed by atoms with E-state index in [1.54, 1.807) is 0 Å². The van der Waals surface area contributed by atoms with Crippen LogP contribution in [0, 0.1) is 0 Å². The van der Waals surface area contributed by atoms with Gasteiger partial charge in [-0.3, -0.25) is 0 Å². The number of likely N-dealkylation sites (tertiary alicyclic amines) is 1. The Morgan fingerprint density at radius 1 is 1.68 bits per heavy atom. The molecule has 104 valence electrons. The first kappa shape index (κ1) is 13.6. The van der Waals surface area contributed by atoms with E-state index in [-0.39, 0.29) is 11.3 Å². The van der Waals surface area contributed by atoms with Gasteiger partial charge in [0.15, 0.2) is 0 Å². The van der Waals surface area contributed by atoms with E-state index in [1.807, 2.05) is 11.9 Å². The second-order valence-corrected chi connectivity index (χ2v) is 5.09. The van der Waals surface area contributed by atoms with Crippen molar-refractivity contribution in [3.05, 3.63) is 17.8 Å². The minimum atomic E-state index is -1.02. The summed E-state index contributed by atoms with van der Waals surface area (Å²) in [6.07, 6.45) is 3.79. The van der Waals surface area contributed by atoms with Crippen LogP contribution in [0.15, 0.2) is 12.3 Å². The number of likely N-dealkylation sites (N-methyl/N-ethyl adjacent to an activating group) is 2. The Kier molecular flexibility index (Phi) is 3.90. The van der Waals surface area contributed by atoms with Crippen molar-refractivity contribution in [1.29, 1.82) is 0 Å². The number of pyridine rings is 1. The van der Waals surface area contributed by atoms with E-state index >= 15 is 0 Å². The number of carboxylic acid groups (broad SMARTS) is 1. The van der Waals surface area contributed by atoms with Crippen molar-refractivity contribution in [3.8, 4) is 0 Å². The van der Waals surface area contributed by atoms with Crippen molar-refractivity contribution in [2.24, 2.45) is 0 Å². The molecule has 6 nitrogen and oxygen atoms in total. The van der Waals surface area contributed by atoms with Crippen molar-refractivity contribution < 1.29 is 9.90 Å². The summed E-state index contributed by atoms with van der Waals surface area (Å²) in [6, 6.07) is 2.03. The third-order valence-electron chi connectivity index (χ3n) is 3.70. The number of hydrogen-bond donors (Lipinski definition) is 2. The molecule has 0 radical (unpaired) electrons. The standard InChI is InChI=1S/C13H20N4O2/c1-16-5-3-4-9(16)8-17(2)12-6-10(13(18)19)11(14)7-15-12/h6-7,9H,3-5,8,14H2,1-2H3,(H,18,19). The van der Waals surface area contributed by atoms with Crippen molar-refractivity contribution in [2.45, 2.75) is 18.9 Å². The van der Waals surface area contributed by atoms with Gasteiger partial charge >= 0.3 is 5.97 Å². The summed E-state index contributed by atoms with van der Waals surface area (Å²) in [6.45, 7) is 1.96. The molecule has 2 rings (SSSR count). The zero-order valence-electron chi connectivity index (χ0n) is 11.3. The predicted octanol–water partition coefficient (Wildman–Crippen LogP) is 0.892. The Labute approximate surface area is 112 Å². The van der Waals surface area contributed by atoms with E-state index in [2.05, 4.69) is 16.9 Å². The minimum Gasteiger partial charge on any atom is -0.478 e. The summed E-state index contributed by atoms with van der Waals surface area (Å²) in [4.78, 5) is 19.6. The number of aromatic nitrogens is 1. The van der Waals surface area contributed by atoms with Crippen molar-refractivity contribution in [1.82, 2.24) is 9.88 Å². The fraction of sp³-hybridized carbons (Fsp3) is 0.538. The number of carbonyl (C=O) groups is 1. The molecule has 0 spiro atoms. The summed E-state index contributed by atoms with van der Waals surface area (Å²) in [5, 5.41) is 9.06. The van der Waals surface area contributed by atoms with E-state index < -0.39 is 5.97 Å². The molecular weight excluding hydrogens is 244 g/mol. The monoisotopic (exact) mass is 264 g/mol. The lowest BCUT2D eigenvalue weighted by Crippen LogP contribution is -2.37. The summed E-state index contributed by atoms with van der Waals surface area (Å²) in [5.74, 6) is -0.376. The molecule has 0 aromatic carbocycles. The number of rotatable bonds is 4. The topological polar surface area (TPSA) is 82.7 Å². The number of hydrogen-bond acceptors (Lipinski definition) is 5. The third kappa shape index (κ3) is 2.96. The number of aromatic carboxylic acids is 1. The largest absolute Gasteiger partial charge is 0.478 e. The average Bonchev–Trinajstić information content (AvgIpc) is 2.75. The molecule has 1 aliphatic rings. The zero-order valence-corrected chi connectivity index (χ0v) is 11.3. The molecule has 0 saturated carbocycles. The van der Waals surface area contributed by atoms with Crippen LogP contribution in [0.2, 0.25) is 0 Å². The SMILES string of the molecule is CN(CC1CCCN1C)c1cc(C(=O)O)c(N)cn1. The molecule has 6 heteroatoms. The fourth-order valence-corrected chi connectivity index (χ4v) is 2.47. The Morgan fingerprint density at radius 3 is 3.00 bits per heavy atom. The van der Waals surface area contributed by atoms with Crippen LogP contribution in [0.25, 0.3) is 0 Å². The van der Waals surface area contributed by atoms with Gasteiger partial charge in [-0.2, -0.15) is 0 Å². The summed E-state index contributed by atoms with van der Waals surface area (Å²) in [5.41, 5.74) is 5.91. The van der Waals surface area contributed by atoms with Crippen LogP contribution in [0.3, 0.4) is 0 Å². The van der Waals surface area contributed by atoms with Gasteiger partial charge in [-0.15, -0.1) is 0 Å². The van der Waals surface area contributed by atoms with Gasteiger partial charge in [-0.25, -0.2) is 9.78 Å². The number of nitrogens with zero attached hydrogens (tertiary/aromatic N) is 3. The highest BCUT2D eigenvalue weighted by Gasteiger charge is 2.23. The molecule has 0 amide bonds. The number of carboxylic acids is 1. The molecule has 1 unspecified atom stereocenters. The molecule has 0 aliphatic carbocycles. The second kappa shape index (κ2) is 5.44. The average molecular weight is 264 g/mol. The molecule has 1 saturated heterocycles. The van der Waals surface area contributed by atoms with E-state index in [4.69, 9.17) is 10.8 Å². The smallest absolute Gasteiger partial charge is 0.337 e. The molecule has 3 N–H and O–H groups in total. The van der Waals surface area contributed by atoms with E-state index in [0.29, 0.717) is 11.9 Å². The number of nitrogens with two attached hydrogens (primary N) is 1. The van der Waals surface area contributed by atoms with Crippen LogP contribution in [-0.4, -0.2) is 54.2 Å². The molecule has 2 heterocycles. The Hall–Kier alpha value is -1.82. The maximum Gasteiger partial charge on any atom is 0.337 e. The molecule has 1 aromatic rings. The maximum absolute atomic E-state index is 11.1. The zero-order chi connectivity index (χ0) is 14.0. The van der Waals surface area contributed by atoms with Gasteiger partial charge in [0.05, 0.1) is 17.4 Å². The maximum atomic E-state index is 11.1. The summed E-state index contributed by atoms with van der Waals surface area (Å²) in [7, 11) is 4.04. The summed E-state index contributed by atoms with van der Waals surface area (Å²) < 4.78 is 0. The Balaban J connectivity index is 2.12. The van der Waals surface area contributed by atoms with Crippen LogP contribution < -0.4 is 10.6 Å². The lowest BCUT2D eigenvalue weighted by Gasteiger charge is -2.26. The first-order valence-corrected chi connectivity index (χ1v) is 6.39. The lowest BCUT2D eigenvalue weighted by molar-refractivity contribution is 0.0698. The van der Waals surface area contributed by atoms with Gasteiger partial charge in [0, 0.05) is 19.6 Å². The van der Waals surface area contributed by atoms with Gasteiger partial charge < -0.3 is 20.6 Å². The summed E-state index contributed by atoms with van der Waals surface area (Å²) >= 11 is 0. The molecule has 1 atom stereocenters. The van der Waals surface area contributed by atoms with Crippen molar-refractivity contribution >= 4 is 17.5 Å². The van der Waals surface area contributed by atoms with E-state index in [1.165, 1.54) is 25.1 Å². The van der Waals surface area contributed by atoms with Crippen molar-refractivity contribution in [3.63, 3.8) is 0 Å². The fourth-order valence-electron chi connectivity index (χ4n) is 2.47. The lowest BCUT2D eigenvalue weighted by atomic mass is 10.2. The van der Waals surface area contributed by atoms with E-state index in [9.17, 15) is 4.79 Å². The second-order valence-electron chi connectivity index (χ2n) is 5.09. The Morgan fingerprint density at radius 2 is 2.42 bits per heavy atom. The first-order valence-electron chi connectivity index (χ1n) is 6.39. The highest BCUT2D eigenvalue weighted by molar-refractivity contribution is 5.94. The molecule has 1 aromatic heterocycles. The van der Waals surface area contributed by atoms with Crippen LogP contribution in [-0.2, 0) is 0 Å². The van der Waals surface area contributed by atoms with Gasteiger partial charge in [0.1, 0.15) is 5.82 Å². The van der Waals surface area contributed by atoms with Gasteiger partial charge in [-0.1, -0.05) is 0 Å². The van der Waals surface area contributed by atoms with Crippen LogP contribution >= 0.6 is 0 Å². The van der Waals surface area contributed by atoms with Crippen LogP contribution in [0.5, 0.6) is 0 Å². The molecule has 19 heavy (non-hydrogen) atoms. The van der Waals surface area contributed by atoms with Crippen molar-refractivity contribution in [2.75, 3.05) is 37.8 Å². The molecular formula is C13H20N4O2. The van der Waals surface area contributed by atoms with Gasteiger partial charge in [0.25, 0.3) is 0 Å². The molecule has 1 aliphatic heterocycles. The first-order chi connectivity index (χ1) is 8.99. The van der Waals surface area contributed by atoms with Crippen LogP contribution in [0.1, 0.15) is 23.2 Å². The Bertz CT molecular complexity index is 478. The highest BCUT2D eigenvalue weighted by atomic mass is 16.4. The minimum absolute atomic E-state index is 0.108. The van der Waals surface area contributed by atoms with E-state index in [0.717, 1.165) is 13.1 Å². The van der Waals surface area contributed by atoms with Gasteiger partial charge in [0.2, 0.25) is 0 Å². The quantitative estimate of drug-likeness (QED) is 0.840. The van der Waals surface area contributed by atoms with Crippen LogP contribution in [0.4, 0.5) is 11.5 Å².